The summed E-state index contributed by atoms with van der Waals surface area (Å²) in [4.78, 5) is 4.94. The lowest BCUT2D eigenvalue weighted by Crippen LogP contribution is -2.28. The number of nitrogens with zero attached hydrogens (tertiary/aromatic N) is 2. The number of fused-ring (bicyclic) bond motifs is 9. The fraction of sp³-hybridized carbons (Fsp3) is 0.0385. The van der Waals surface area contributed by atoms with Crippen LogP contribution in [-0.4, -0.2) is 6.04 Å². The third-order valence-corrected chi connectivity index (χ3v) is 11.5. The normalized spacial score (nSPS) is 16.0. The van der Waals surface area contributed by atoms with Crippen molar-refractivity contribution in [2.75, 3.05) is 9.80 Å². The lowest BCUT2D eigenvalue weighted by atomic mass is 9.91. The molecule has 0 N–H and O–H groups in total. The predicted molar refractivity (Wildman–Crippen MR) is 230 cm³/mol. The molecule has 1 aliphatic heterocycles. The molecule has 0 spiro atoms. The van der Waals surface area contributed by atoms with Crippen LogP contribution in [0, 0.1) is 0 Å². The van der Waals surface area contributed by atoms with Gasteiger partial charge in [0.2, 0.25) is 0 Å². The van der Waals surface area contributed by atoms with E-state index in [1.165, 1.54) is 71.2 Å². The Balaban J connectivity index is 1.07. The van der Waals surface area contributed by atoms with Gasteiger partial charge >= 0.3 is 0 Å². The van der Waals surface area contributed by atoms with E-state index in [2.05, 4.69) is 216 Å². The van der Waals surface area contributed by atoms with Crippen molar-refractivity contribution in [3.63, 3.8) is 0 Å². The van der Waals surface area contributed by atoms with Crippen LogP contribution in [0.25, 0.3) is 54.2 Å². The lowest BCUT2D eigenvalue weighted by molar-refractivity contribution is 0.745. The summed E-state index contributed by atoms with van der Waals surface area (Å²) in [7, 11) is 0. The Bertz CT molecular complexity index is 2950. The van der Waals surface area contributed by atoms with Crippen LogP contribution >= 0.6 is 0 Å². The van der Waals surface area contributed by atoms with E-state index in [0.29, 0.717) is 5.92 Å². The molecule has 54 heavy (non-hydrogen) atoms. The number of benzene rings is 9. The van der Waals surface area contributed by atoms with Crippen molar-refractivity contribution in [1.29, 1.82) is 0 Å². The van der Waals surface area contributed by atoms with Gasteiger partial charge in [-0.3, -0.25) is 0 Å². The molecule has 2 aliphatic rings. The summed E-state index contributed by atoms with van der Waals surface area (Å²) in [5.74, 6) is 0.351. The van der Waals surface area contributed by atoms with Gasteiger partial charge in [-0.1, -0.05) is 152 Å². The molecule has 2 unspecified atom stereocenters. The van der Waals surface area contributed by atoms with Crippen LogP contribution in [0.15, 0.2) is 206 Å². The van der Waals surface area contributed by atoms with Crippen molar-refractivity contribution < 1.29 is 0 Å². The van der Waals surface area contributed by atoms with Gasteiger partial charge in [-0.25, -0.2) is 0 Å². The van der Waals surface area contributed by atoms with Crippen LogP contribution in [0.3, 0.4) is 0 Å². The van der Waals surface area contributed by atoms with Gasteiger partial charge < -0.3 is 9.80 Å². The van der Waals surface area contributed by atoms with Gasteiger partial charge in [0.25, 0.3) is 0 Å². The molecular weight excluding hydrogens is 653 g/mol. The molecule has 0 saturated heterocycles. The van der Waals surface area contributed by atoms with Crippen molar-refractivity contribution in [3.8, 4) is 11.1 Å². The molecule has 2 nitrogen and oxygen atoms in total. The molecule has 0 radical (unpaired) electrons. The van der Waals surface area contributed by atoms with Crippen molar-refractivity contribution in [1.82, 2.24) is 0 Å². The molecule has 254 valence electrons. The average molecular weight is 689 g/mol. The summed E-state index contributed by atoms with van der Waals surface area (Å²) < 4.78 is 0. The second-order valence-electron chi connectivity index (χ2n) is 14.5. The Kier molecular flexibility index (Phi) is 7.03. The summed E-state index contributed by atoms with van der Waals surface area (Å²) in [5, 5.41) is 10.1. The molecular formula is C52H36N2. The Morgan fingerprint density at radius 2 is 0.963 bits per heavy atom. The quantitative estimate of drug-likeness (QED) is 0.166. The van der Waals surface area contributed by atoms with Crippen molar-refractivity contribution >= 4 is 71.5 Å². The van der Waals surface area contributed by atoms with E-state index in [1.807, 2.05) is 0 Å². The zero-order valence-electron chi connectivity index (χ0n) is 29.7. The second-order valence-corrected chi connectivity index (χ2v) is 14.5. The Morgan fingerprint density at radius 3 is 1.69 bits per heavy atom. The summed E-state index contributed by atoms with van der Waals surface area (Å²) in [5.41, 5.74) is 9.71. The van der Waals surface area contributed by atoms with Gasteiger partial charge in [0.05, 0.1) is 11.7 Å². The van der Waals surface area contributed by atoms with Gasteiger partial charge in [0, 0.05) is 34.1 Å². The van der Waals surface area contributed by atoms with Crippen molar-refractivity contribution in [2.24, 2.45) is 0 Å². The first kappa shape index (κ1) is 30.7. The third kappa shape index (κ3) is 4.81. The molecule has 11 rings (SSSR count). The van der Waals surface area contributed by atoms with Gasteiger partial charge in [0.15, 0.2) is 0 Å². The summed E-state index contributed by atoms with van der Waals surface area (Å²) >= 11 is 0. The van der Waals surface area contributed by atoms with Crippen LogP contribution in [0.2, 0.25) is 0 Å². The Morgan fingerprint density at radius 1 is 0.426 bits per heavy atom. The average Bonchev–Trinajstić information content (AvgIpc) is 3.58. The van der Waals surface area contributed by atoms with Gasteiger partial charge in [-0.2, -0.15) is 0 Å². The standard InChI is InChI=1S/C52H36N2/c1-3-15-41-36(13-1)33-49(45-19-6-5-17-43(41)45)35-25-27-38(28-26-35)53(52-34-37-14-2-4-16-42(37)44-18-7-8-20-46(44)52)39-29-31-40(32-30-39)54-50-23-11-9-21-47(50)48-22-10-12-24-51(48)54/h1-34,47,50H. The first-order valence-electron chi connectivity index (χ1n) is 18.8. The maximum atomic E-state index is 2.50. The zero-order valence-corrected chi connectivity index (χ0v) is 29.7. The monoisotopic (exact) mass is 688 g/mol. The van der Waals surface area contributed by atoms with E-state index >= 15 is 0 Å². The van der Waals surface area contributed by atoms with E-state index in [0.717, 1.165) is 17.1 Å². The van der Waals surface area contributed by atoms with E-state index in [-0.39, 0.29) is 6.04 Å². The molecule has 9 aromatic rings. The Hall–Kier alpha value is -6.90. The molecule has 0 saturated carbocycles. The Labute approximate surface area is 315 Å². The van der Waals surface area contributed by atoms with Crippen LogP contribution in [-0.2, 0) is 0 Å². The molecule has 0 amide bonds. The highest BCUT2D eigenvalue weighted by molar-refractivity contribution is 6.15. The first-order chi connectivity index (χ1) is 26.8. The highest BCUT2D eigenvalue weighted by Crippen LogP contribution is 2.49. The SMILES string of the molecule is C1=CC2c3ccccc3N(c3ccc(N(c4ccc(-c5cc6ccccc6c6ccccc56)cc4)c4cc5ccccc5c5ccccc45)cc3)C2C=C1. The third-order valence-electron chi connectivity index (χ3n) is 11.5. The topological polar surface area (TPSA) is 6.48 Å². The largest absolute Gasteiger partial charge is 0.333 e. The number of hydrogen-bond donors (Lipinski definition) is 0. The number of hydrogen-bond acceptors (Lipinski definition) is 2. The minimum atomic E-state index is 0.262. The molecule has 2 heteroatoms. The maximum Gasteiger partial charge on any atom is 0.0629 e. The molecule has 1 heterocycles. The first-order valence-corrected chi connectivity index (χ1v) is 18.8. The summed E-state index contributed by atoms with van der Waals surface area (Å²) in [6, 6.07) is 67.2. The van der Waals surface area contributed by atoms with Crippen LogP contribution in [0.5, 0.6) is 0 Å². The summed E-state index contributed by atoms with van der Waals surface area (Å²) in [6.07, 6.45) is 9.05. The van der Waals surface area contributed by atoms with E-state index in [9.17, 15) is 0 Å². The smallest absolute Gasteiger partial charge is 0.0629 e. The molecule has 1 aliphatic carbocycles. The van der Waals surface area contributed by atoms with E-state index < -0.39 is 0 Å². The van der Waals surface area contributed by atoms with Gasteiger partial charge in [-0.05, 0) is 109 Å². The highest BCUT2D eigenvalue weighted by atomic mass is 15.2. The van der Waals surface area contributed by atoms with Crippen molar-refractivity contribution in [2.45, 2.75) is 12.0 Å². The molecule has 9 aromatic carbocycles. The fourth-order valence-electron chi connectivity index (χ4n) is 9.08. The van der Waals surface area contributed by atoms with Crippen LogP contribution < -0.4 is 9.80 Å². The molecule has 0 aromatic heterocycles. The number of allylic oxidation sites excluding steroid dienone is 2. The molecule has 0 fully saturated rings. The number of rotatable bonds is 5. The number of para-hydroxylation sites is 1. The zero-order chi connectivity index (χ0) is 35.6. The van der Waals surface area contributed by atoms with Crippen LogP contribution in [0.4, 0.5) is 28.4 Å². The highest BCUT2D eigenvalue weighted by Gasteiger charge is 2.37. The minimum Gasteiger partial charge on any atom is -0.333 e. The fourth-order valence-corrected chi connectivity index (χ4v) is 9.08. The molecule has 2 atom stereocenters. The maximum absolute atomic E-state index is 2.50. The minimum absolute atomic E-state index is 0.262. The van der Waals surface area contributed by atoms with Gasteiger partial charge in [-0.15, -0.1) is 0 Å². The second kappa shape index (κ2) is 12.4. The summed E-state index contributed by atoms with van der Waals surface area (Å²) in [6.45, 7) is 0. The van der Waals surface area contributed by atoms with E-state index in [1.54, 1.807) is 0 Å². The van der Waals surface area contributed by atoms with Gasteiger partial charge in [0.1, 0.15) is 0 Å². The number of anilines is 5. The van der Waals surface area contributed by atoms with Crippen molar-refractivity contribution in [3.05, 3.63) is 212 Å². The predicted octanol–water partition coefficient (Wildman–Crippen LogP) is 14.2. The molecule has 0 bridgehead atoms. The lowest BCUT2D eigenvalue weighted by Gasteiger charge is -2.30. The van der Waals surface area contributed by atoms with Crippen LogP contribution in [0.1, 0.15) is 11.5 Å². The van der Waals surface area contributed by atoms with E-state index in [4.69, 9.17) is 0 Å².